The number of hydrogen-bond acceptors (Lipinski definition) is 2. The van der Waals surface area contributed by atoms with Crippen LogP contribution in [0, 0.1) is 5.41 Å². The van der Waals surface area contributed by atoms with Crippen molar-refractivity contribution in [3.8, 4) is 0 Å². The van der Waals surface area contributed by atoms with E-state index >= 15 is 0 Å². The number of rotatable bonds is 2. The van der Waals surface area contributed by atoms with Crippen LogP contribution in [0.2, 0.25) is 0 Å². The Balaban J connectivity index is 2.63. The predicted molar refractivity (Wildman–Crippen MR) is 44.3 cm³/mol. The van der Waals surface area contributed by atoms with Crippen LogP contribution >= 0.6 is 0 Å². The summed E-state index contributed by atoms with van der Waals surface area (Å²) in [7, 11) is 0. The molecule has 0 spiro atoms. The Morgan fingerprint density at radius 3 is 2.09 bits per heavy atom. The zero-order valence-corrected chi connectivity index (χ0v) is 7.38. The molecule has 0 aromatic rings. The van der Waals surface area contributed by atoms with Gasteiger partial charge in [0.05, 0.1) is 12.2 Å². The van der Waals surface area contributed by atoms with Crippen LogP contribution in [-0.4, -0.2) is 22.4 Å². The van der Waals surface area contributed by atoms with Gasteiger partial charge in [0.2, 0.25) is 0 Å². The van der Waals surface area contributed by atoms with Gasteiger partial charge < -0.3 is 10.2 Å². The van der Waals surface area contributed by atoms with Gasteiger partial charge in [-0.25, -0.2) is 0 Å². The smallest absolute Gasteiger partial charge is 0.0619 e. The van der Waals surface area contributed by atoms with E-state index in [-0.39, 0.29) is 17.6 Å². The first-order chi connectivity index (χ1) is 5.11. The van der Waals surface area contributed by atoms with Gasteiger partial charge in [0.25, 0.3) is 0 Å². The number of aliphatic hydroxyl groups excluding tert-OH is 2. The fraction of sp³-hybridized carbons (Fsp3) is 1.00. The van der Waals surface area contributed by atoms with Crippen LogP contribution in [0.4, 0.5) is 0 Å². The highest BCUT2D eigenvalue weighted by Gasteiger charge is 2.44. The van der Waals surface area contributed by atoms with Crippen LogP contribution in [0.5, 0.6) is 0 Å². The van der Waals surface area contributed by atoms with Crippen molar-refractivity contribution < 1.29 is 10.2 Å². The van der Waals surface area contributed by atoms with Crippen LogP contribution < -0.4 is 0 Å². The van der Waals surface area contributed by atoms with Gasteiger partial charge in [-0.05, 0) is 19.3 Å². The Bertz CT molecular complexity index is 124. The molecule has 1 saturated carbocycles. The molecule has 0 aliphatic heterocycles. The topological polar surface area (TPSA) is 40.5 Å². The molecule has 2 heteroatoms. The van der Waals surface area contributed by atoms with Gasteiger partial charge >= 0.3 is 0 Å². The Morgan fingerprint density at radius 2 is 1.73 bits per heavy atom. The molecule has 11 heavy (non-hydrogen) atoms. The van der Waals surface area contributed by atoms with E-state index < -0.39 is 0 Å². The summed E-state index contributed by atoms with van der Waals surface area (Å²) >= 11 is 0. The van der Waals surface area contributed by atoms with E-state index in [1.54, 1.807) is 0 Å². The lowest BCUT2D eigenvalue weighted by atomic mass is 9.80. The van der Waals surface area contributed by atoms with Gasteiger partial charge in [-0.2, -0.15) is 0 Å². The van der Waals surface area contributed by atoms with E-state index in [0.29, 0.717) is 0 Å². The van der Waals surface area contributed by atoms with Gasteiger partial charge in [0.1, 0.15) is 0 Å². The fourth-order valence-corrected chi connectivity index (χ4v) is 2.07. The molecule has 0 radical (unpaired) electrons. The van der Waals surface area contributed by atoms with Crippen LogP contribution in [-0.2, 0) is 0 Å². The van der Waals surface area contributed by atoms with Crippen molar-refractivity contribution in [2.75, 3.05) is 0 Å². The van der Waals surface area contributed by atoms with Gasteiger partial charge in [-0.1, -0.05) is 20.3 Å². The van der Waals surface area contributed by atoms with E-state index in [1.165, 1.54) is 0 Å². The second-order valence-corrected chi connectivity index (χ2v) is 3.86. The second-order valence-electron chi connectivity index (χ2n) is 3.86. The molecule has 0 amide bonds. The van der Waals surface area contributed by atoms with Crippen LogP contribution in [0.3, 0.4) is 0 Å². The standard InChI is InChI=1S/C9H18O2/c1-3-6-9(2)7(10)4-5-8(9)11/h7-8,10-11H,3-6H2,1-2H3/t7-,8-/m0/s1. The molecule has 1 aliphatic carbocycles. The zero-order chi connectivity index (χ0) is 8.48. The Kier molecular flexibility index (Phi) is 2.55. The third-order valence-corrected chi connectivity index (χ3v) is 3.02. The normalized spacial score (nSPS) is 36.0. The Labute approximate surface area is 68.2 Å². The molecule has 0 bridgehead atoms. The first-order valence-electron chi connectivity index (χ1n) is 4.47. The minimum absolute atomic E-state index is 0.227. The SMILES string of the molecule is CCCC1(C)[C@@H](O)CC[C@@H]1O. The van der Waals surface area contributed by atoms with E-state index in [0.717, 1.165) is 25.7 Å². The monoisotopic (exact) mass is 158 g/mol. The van der Waals surface area contributed by atoms with Gasteiger partial charge in [0.15, 0.2) is 0 Å². The molecule has 2 nitrogen and oxygen atoms in total. The molecule has 66 valence electrons. The average molecular weight is 158 g/mol. The third kappa shape index (κ3) is 1.42. The maximum atomic E-state index is 9.59. The highest BCUT2D eigenvalue weighted by Crippen LogP contribution is 2.41. The quantitative estimate of drug-likeness (QED) is 0.636. The summed E-state index contributed by atoms with van der Waals surface area (Å²) in [6.07, 6.45) is 2.89. The molecule has 1 fully saturated rings. The highest BCUT2D eigenvalue weighted by atomic mass is 16.3. The van der Waals surface area contributed by atoms with E-state index in [9.17, 15) is 10.2 Å². The number of aliphatic hydroxyl groups is 2. The second kappa shape index (κ2) is 3.11. The lowest BCUT2D eigenvalue weighted by molar-refractivity contribution is -0.0167. The summed E-state index contributed by atoms with van der Waals surface area (Å²) in [4.78, 5) is 0. The molecule has 0 unspecified atom stereocenters. The summed E-state index contributed by atoms with van der Waals surface area (Å²) in [5.74, 6) is 0. The minimum atomic E-state index is -0.294. The van der Waals surface area contributed by atoms with E-state index in [1.807, 2.05) is 6.92 Å². The van der Waals surface area contributed by atoms with Crippen molar-refractivity contribution in [1.82, 2.24) is 0 Å². The largest absolute Gasteiger partial charge is 0.392 e. The van der Waals surface area contributed by atoms with Crippen molar-refractivity contribution in [1.29, 1.82) is 0 Å². The number of hydrogen-bond donors (Lipinski definition) is 2. The molecular formula is C9H18O2. The maximum Gasteiger partial charge on any atom is 0.0619 e. The molecule has 2 N–H and O–H groups in total. The molecular weight excluding hydrogens is 140 g/mol. The van der Waals surface area contributed by atoms with Crippen molar-refractivity contribution in [2.24, 2.45) is 5.41 Å². The van der Waals surface area contributed by atoms with Crippen molar-refractivity contribution in [3.63, 3.8) is 0 Å². The summed E-state index contributed by atoms with van der Waals surface area (Å²) < 4.78 is 0. The molecule has 0 aromatic carbocycles. The molecule has 1 rings (SSSR count). The highest BCUT2D eigenvalue weighted by molar-refractivity contribution is 4.94. The van der Waals surface area contributed by atoms with Crippen LogP contribution in [0.25, 0.3) is 0 Å². The summed E-state index contributed by atoms with van der Waals surface area (Å²) in [6.45, 7) is 4.07. The van der Waals surface area contributed by atoms with Gasteiger partial charge in [0, 0.05) is 5.41 Å². The molecule has 0 aromatic heterocycles. The van der Waals surface area contributed by atoms with E-state index in [4.69, 9.17) is 0 Å². The van der Waals surface area contributed by atoms with Crippen molar-refractivity contribution in [3.05, 3.63) is 0 Å². The summed E-state index contributed by atoms with van der Waals surface area (Å²) in [5, 5.41) is 19.2. The lowest BCUT2D eigenvalue weighted by Gasteiger charge is -2.31. The van der Waals surface area contributed by atoms with Gasteiger partial charge in [-0.15, -0.1) is 0 Å². The molecule has 2 atom stereocenters. The Morgan fingerprint density at radius 1 is 1.27 bits per heavy atom. The zero-order valence-electron chi connectivity index (χ0n) is 7.38. The van der Waals surface area contributed by atoms with Crippen molar-refractivity contribution >= 4 is 0 Å². The van der Waals surface area contributed by atoms with Gasteiger partial charge in [-0.3, -0.25) is 0 Å². The average Bonchev–Trinajstić information content (AvgIpc) is 2.19. The van der Waals surface area contributed by atoms with Crippen LogP contribution in [0.15, 0.2) is 0 Å². The third-order valence-electron chi connectivity index (χ3n) is 3.02. The van der Waals surface area contributed by atoms with Crippen molar-refractivity contribution in [2.45, 2.75) is 51.7 Å². The summed E-state index contributed by atoms with van der Waals surface area (Å²) in [6, 6.07) is 0. The predicted octanol–water partition coefficient (Wildman–Crippen LogP) is 1.31. The van der Waals surface area contributed by atoms with E-state index in [2.05, 4.69) is 6.92 Å². The molecule has 0 saturated heterocycles. The Hall–Kier alpha value is -0.0800. The minimum Gasteiger partial charge on any atom is -0.392 e. The fourth-order valence-electron chi connectivity index (χ4n) is 2.07. The lowest BCUT2D eigenvalue weighted by Crippen LogP contribution is -2.35. The first-order valence-corrected chi connectivity index (χ1v) is 4.47. The molecule has 0 heterocycles. The summed E-state index contributed by atoms with van der Waals surface area (Å²) in [5.41, 5.74) is -0.227. The molecule has 1 aliphatic rings. The first kappa shape index (κ1) is 9.01. The maximum absolute atomic E-state index is 9.59. The van der Waals surface area contributed by atoms with Crippen LogP contribution in [0.1, 0.15) is 39.5 Å².